The third-order valence-electron chi connectivity index (χ3n) is 2.90. The second-order valence-electron chi connectivity index (χ2n) is 4.21. The molecule has 0 aliphatic carbocycles. The third-order valence-corrected chi connectivity index (χ3v) is 4.76. The maximum absolute atomic E-state index is 12.3. The standard InChI is InChI=1S/C13H15NO3S/c1-11(15)12-6-5-7-13(10-12)18(16,17)14-8-3-2-4-9-14/h2-3,5-7,10H,4,8-9H2,1H3. The highest BCUT2D eigenvalue weighted by Crippen LogP contribution is 2.19. The number of ketones is 1. The first kappa shape index (κ1) is 13.0. The van der Waals surface area contributed by atoms with Gasteiger partial charge >= 0.3 is 0 Å². The van der Waals surface area contributed by atoms with Crippen molar-refractivity contribution >= 4 is 15.8 Å². The monoisotopic (exact) mass is 265 g/mol. The van der Waals surface area contributed by atoms with Gasteiger partial charge in [-0.25, -0.2) is 8.42 Å². The lowest BCUT2D eigenvalue weighted by Crippen LogP contribution is -2.33. The minimum absolute atomic E-state index is 0.134. The maximum Gasteiger partial charge on any atom is 0.243 e. The van der Waals surface area contributed by atoms with E-state index in [1.807, 2.05) is 12.2 Å². The summed E-state index contributed by atoms with van der Waals surface area (Å²) in [6, 6.07) is 6.19. The Morgan fingerprint density at radius 3 is 2.67 bits per heavy atom. The molecule has 96 valence electrons. The van der Waals surface area contributed by atoms with Crippen LogP contribution in [0.5, 0.6) is 0 Å². The molecule has 0 atom stereocenters. The Kier molecular flexibility index (Phi) is 3.63. The van der Waals surface area contributed by atoms with E-state index in [2.05, 4.69) is 0 Å². The molecule has 1 aromatic carbocycles. The van der Waals surface area contributed by atoms with Gasteiger partial charge in [0.05, 0.1) is 4.90 Å². The van der Waals surface area contributed by atoms with Crippen LogP contribution in [-0.4, -0.2) is 31.6 Å². The van der Waals surface area contributed by atoms with Crippen LogP contribution in [0.4, 0.5) is 0 Å². The van der Waals surface area contributed by atoms with Gasteiger partial charge in [-0.05, 0) is 25.5 Å². The molecule has 0 saturated heterocycles. The second-order valence-corrected chi connectivity index (χ2v) is 6.15. The Bertz CT molecular complexity index is 590. The number of carbonyl (C=O) groups excluding carboxylic acids is 1. The lowest BCUT2D eigenvalue weighted by molar-refractivity contribution is 0.101. The quantitative estimate of drug-likeness (QED) is 0.619. The predicted molar refractivity (Wildman–Crippen MR) is 69.0 cm³/mol. The summed E-state index contributed by atoms with van der Waals surface area (Å²) in [6.07, 6.45) is 4.54. The van der Waals surface area contributed by atoms with E-state index in [0.717, 1.165) is 6.42 Å². The molecule has 1 heterocycles. The molecular formula is C13H15NO3S. The number of carbonyl (C=O) groups is 1. The Balaban J connectivity index is 2.38. The van der Waals surface area contributed by atoms with Crippen molar-refractivity contribution < 1.29 is 13.2 Å². The summed E-state index contributed by atoms with van der Waals surface area (Å²) >= 11 is 0. The van der Waals surface area contributed by atoms with Gasteiger partial charge in [0.1, 0.15) is 0 Å². The van der Waals surface area contributed by atoms with Crippen molar-refractivity contribution in [1.29, 1.82) is 0 Å². The van der Waals surface area contributed by atoms with Crippen LogP contribution in [0.25, 0.3) is 0 Å². The normalized spacial score (nSPS) is 16.7. The fourth-order valence-electron chi connectivity index (χ4n) is 1.86. The summed E-state index contributed by atoms with van der Waals surface area (Å²) in [7, 11) is -3.49. The molecule has 0 bridgehead atoms. The van der Waals surface area contributed by atoms with E-state index in [1.54, 1.807) is 12.1 Å². The van der Waals surface area contributed by atoms with Crippen LogP contribution in [0.15, 0.2) is 41.3 Å². The molecular weight excluding hydrogens is 250 g/mol. The summed E-state index contributed by atoms with van der Waals surface area (Å²) in [5.41, 5.74) is 0.420. The predicted octanol–water partition coefficient (Wildman–Crippen LogP) is 1.84. The molecule has 5 heteroatoms. The minimum Gasteiger partial charge on any atom is -0.295 e. The molecule has 1 aliphatic rings. The van der Waals surface area contributed by atoms with Gasteiger partial charge in [-0.15, -0.1) is 0 Å². The third kappa shape index (κ3) is 2.52. The van der Waals surface area contributed by atoms with Crippen LogP contribution >= 0.6 is 0 Å². The van der Waals surface area contributed by atoms with Crippen molar-refractivity contribution in [2.75, 3.05) is 13.1 Å². The highest BCUT2D eigenvalue weighted by Gasteiger charge is 2.24. The fourth-order valence-corrected chi connectivity index (χ4v) is 3.32. The lowest BCUT2D eigenvalue weighted by Gasteiger charge is -2.22. The van der Waals surface area contributed by atoms with Crippen LogP contribution in [0.3, 0.4) is 0 Å². The van der Waals surface area contributed by atoms with Gasteiger partial charge in [-0.2, -0.15) is 4.31 Å². The first-order valence-electron chi connectivity index (χ1n) is 5.78. The highest BCUT2D eigenvalue weighted by molar-refractivity contribution is 7.89. The van der Waals surface area contributed by atoms with Gasteiger partial charge in [-0.1, -0.05) is 24.3 Å². The van der Waals surface area contributed by atoms with Crippen molar-refractivity contribution in [2.24, 2.45) is 0 Å². The number of rotatable bonds is 3. The number of sulfonamides is 1. The molecule has 0 unspecified atom stereocenters. The lowest BCUT2D eigenvalue weighted by atomic mass is 10.2. The number of nitrogens with zero attached hydrogens (tertiary/aromatic N) is 1. The molecule has 0 saturated carbocycles. The molecule has 0 amide bonds. The highest BCUT2D eigenvalue weighted by atomic mass is 32.2. The van der Waals surface area contributed by atoms with Crippen LogP contribution in [-0.2, 0) is 10.0 Å². The smallest absolute Gasteiger partial charge is 0.243 e. The van der Waals surface area contributed by atoms with Crippen LogP contribution in [0.1, 0.15) is 23.7 Å². The number of benzene rings is 1. The Hall–Kier alpha value is -1.46. The summed E-state index contributed by atoms with van der Waals surface area (Å²) < 4.78 is 26.1. The molecule has 0 N–H and O–H groups in total. The van der Waals surface area contributed by atoms with Gasteiger partial charge < -0.3 is 0 Å². The first-order valence-corrected chi connectivity index (χ1v) is 7.22. The first-order chi connectivity index (χ1) is 8.51. The number of hydrogen-bond acceptors (Lipinski definition) is 3. The van der Waals surface area contributed by atoms with Gasteiger partial charge in [0, 0.05) is 18.7 Å². The minimum atomic E-state index is -3.49. The molecule has 0 spiro atoms. The molecule has 0 radical (unpaired) electrons. The second kappa shape index (κ2) is 5.04. The summed E-state index contributed by atoms with van der Waals surface area (Å²) in [6.45, 7) is 2.31. The fraction of sp³-hybridized carbons (Fsp3) is 0.308. The molecule has 4 nitrogen and oxygen atoms in total. The Morgan fingerprint density at radius 1 is 1.28 bits per heavy atom. The van der Waals surface area contributed by atoms with Crippen molar-refractivity contribution in [3.05, 3.63) is 42.0 Å². The topological polar surface area (TPSA) is 54.5 Å². The van der Waals surface area contributed by atoms with Crippen molar-refractivity contribution in [3.8, 4) is 0 Å². The Labute approximate surface area is 107 Å². The van der Waals surface area contributed by atoms with Gasteiger partial charge in [0.15, 0.2) is 5.78 Å². The van der Waals surface area contributed by atoms with E-state index in [1.165, 1.54) is 23.4 Å². The van der Waals surface area contributed by atoms with Gasteiger partial charge in [-0.3, -0.25) is 4.79 Å². The van der Waals surface area contributed by atoms with Crippen LogP contribution in [0.2, 0.25) is 0 Å². The van der Waals surface area contributed by atoms with E-state index in [4.69, 9.17) is 0 Å². The van der Waals surface area contributed by atoms with Crippen molar-refractivity contribution in [3.63, 3.8) is 0 Å². The summed E-state index contributed by atoms with van der Waals surface area (Å²) in [4.78, 5) is 11.5. The average Bonchev–Trinajstić information content (AvgIpc) is 2.40. The van der Waals surface area contributed by atoms with E-state index in [0.29, 0.717) is 18.7 Å². The van der Waals surface area contributed by atoms with Crippen LogP contribution < -0.4 is 0 Å². The van der Waals surface area contributed by atoms with E-state index in [9.17, 15) is 13.2 Å². The van der Waals surface area contributed by atoms with Crippen LogP contribution in [0, 0.1) is 0 Å². The van der Waals surface area contributed by atoms with E-state index in [-0.39, 0.29) is 10.7 Å². The molecule has 18 heavy (non-hydrogen) atoms. The van der Waals surface area contributed by atoms with Crippen molar-refractivity contribution in [2.45, 2.75) is 18.2 Å². The Morgan fingerprint density at radius 2 is 2.06 bits per heavy atom. The SMILES string of the molecule is CC(=O)c1cccc(S(=O)(=O)N2CC=CCC2)c1. The molecule has 1 aromatic rings. The molecule has 0 fully saturated rings. The van der Waals surface area contributed by atoms with E-state index < -0.39 is 10.0 Å². The summed E-state index contributed by atoms with van der Waals surface area (Å²) in [5.74, 6) is -0.134. The zero-order valence-corrected chi connectivity index (χ0v) is 11.0. The zero-order chi connectivity index (χ0) is 13.2. The largest absolute Gasteiger partial charge is 0.295 e. The van der Waals surface area contributed by atoms with Gasteiger partial charge in [0.2, 0.25) is 10.0 Å². The molecule has 0 aromatic heterocycles. The molecule has 2 rings (SSSR count). The van der Waals surface area contributed by atoms with Gasteiger partial charge in [0.25, 0.3) is 0 Å². The average molecular weight is 265 g/mol. The van der Waals surface area contributed by atoms with E-state index >= 15 is 0 Å². The number of hydrogen-bond donors (Lipinski definition) is 0. The molecule has 1 aliphatic heterocycles. The maximum atomic E-state index is 12.3. The zero-order valence-electron chi connectivity index (χ0n) is 10.2. The summed E-state index contributed by atoms with van der Waals surface area (Å²) in [5, 5.41) is 0. The number of Topliss-reactive ketones (excluding diaryl/α,β-unsaturated/α-hetero) is 1. The van der Waals surface area contributed by atoms with Crippen molar-refractivity contribution in [1.82, 2.24) is 4.31 Å².